The van der Waals surface area contributed by atoms with Gasteiger partial charge in [-0.2, -0.15) is 0 Å². The van der Waals surface area contributed by atoms with Crippen LogP contribution in [-0.2, 0) is 14.8 Å². The summed E-state index contributed by atoms with van der Waals surface area (Å²) in [5.41, 5.74) is 2.21. The summed E-state index contributed by atoms with van der Waals surface area (Å²) in [4.78, 5) is 14.8. The normalized spacial score (nSPS) is 15.2. The lowest BCUT2D eigenvalue weighted by molar-refractivity contribution is -0.121. The molecule has 1 aliphatic rings. The van der Waals surface area contributed by atoms with Crippen LogP contribution in [0.5, 0.6) is 0 Å². The number of rotatable bonds is 9. The molecule has 33 heavy (non-hydrogen) atoms. The van der Waals surface area contributed by atoms with Crippen LogP contribution >= 0.6 is 0 Å². The predicted molar refractivity (Wildman–Crippen MR) is 127 cm³/mol. The number of halogens is 2. The Balaban J connectivity index is 1.52. The summed E-state index contributed by atoms with van der Waals surface area (Å²) in [5.74, 6) is -2.38. The summed E-state index contributed by atoms with van der Waals surface area (Å²) >= 11 is 0. The van der Waals surface area contributed by atoms with E-state index in [0.29, 0.717) is 0 Å². The smallest absolute Gasteiger partial charge is 0.232 e. The molecule has 0 unspecified atom stereocenters. The highest BCUT2D eigenvalue weighted by molar-refractivity contribution is 7.92. The van der Waals surface area contributed by atoms with Crippen molar-refractivity contribution in [2.75, 3.05) is 35.1 Å². The minimum Gasteiger partial charge on any atom is -0.372 e. The summed E-state index contributed by atoms with van der Waals surface area (Å²) in [6, 6.07) is 10.9. The van der Waals surface area contributed by atoms with Crippen LogP contribution in [0.25, 0.3) is 0 Å². The predicted octanol–water partition coefficient (Wildman–Crippen LogP) is 4.38. The van der Waals surface area contributed by atoms with Crippen molar-refractivity contribution in [2.45, 2.75) is 45.1 Å². The van der Waals surface area contributed by atoms with E-state index in [4.69, 9.17) is 0 Å². The van der Waals surface area contributed by atoms with Gasteiger partial charge in [0.2, 0.25) is 15.9 Å². The Hall–Kier alpha value is -2.68. The fraction of sp³-hybridized carbons (Fsp3) is 0.458. The second kappa shape index (κ2) is 11.0. The van der Waals surface area contributed by atoms with Gasteiger partial charge in [-0.05, 0) is 62.4 Å². The van der Waals surface area contributed by atoms with Gasteiger partial charge in [-0.25, -0.2) is 17.2 Å². The van der Waals surface area contributed by atoms with Gasteiger partial charge in [0.15, 0.2) is 11.6 Å². The topological polar surface area (TPSA) is 69.7 Å². The highest BCUT2D eigenvalue weighted by atomic mass is 32.2. The molecule has 1 atom stereocenters. The first kappa shape index (κ1) is 25.0. The number of benzene rings is 2. The van der Waals surface area contributed by atoms with Crippen molar-refractivity contribution in [3.05, 3.63) is 59.7 Å². The molecule has 0 spiro atoms. The van der Waals surface area contributed by atoms with Gasteiger partial charge in [0.25, 0.3) is 0 Å². The molecule has 0 saturated carbocycles. The van der Waals surface area contributed by atoms with Crippen LogP contribution in [0.15, 0.2) is 42.5 Å². The minimum absolute atomic E-state index is 0.0176. The molecule has 1 aliphatic heterocycles. The lowest BCUT2D eigenvalue weighted by Gasteiger charge is -2.29. The molecule has 1 amide bonds. The van der Waals surface area contributed by atoms with Crippen molar-refractivity contribution < 1.29 is 22.0 Å². The van der Waals surface area contributed by atoms with Gasteiger partial charge >= 0.3 is 0 Å². The molecule has 0 aromatic heterocycles. The zero-order valence-electron chi connectivity index (χ0n) is 19.1. The molecule has 0 radical (unpaired) electrons. The van der Waals surface area contributed by atoms with Gasteiger partial charge in [0, 0.05) is 37.8 Å². The van der Waals surface area contributed by atoms with E-state index in [1.54, 1.807) is 0 Å². The fourth-order valence-corrected chi connectivity index (χ4v) is 4.99. The van der Waals surface area contributed by atoms with Crippen LogP contribution in [0.3, 0.4) is 0 Å². The van der Waals surface area contributed by atoms with Crippen LogP contribution < -0.4 is 14.5 Å². The zero-order valence-corrected chi connectivity index (χ0v) is 19.9. The molecule has 2 aromatic rings. The van der Waals surface area contributed by atoms with Crippen molar-refractivity contribution in [3.8, 4) is 0 Å². The van der Waals surface area contributed by atoms with E-state index in [2.05, 4.69) is 22.3 Å². The number of hydrogen-bond donors (Lipinski definition) is 1. The van der Waals surface area contributed by atoms with Crippen LogP contribution in [0, 0.1) is 11.6 Å². The van der Waals surface area contributed by atoms with E-state index in [9.17, 15) is 22.0 Å². The molecule has 1 fully saturated rings. The molecule has 0 bridgehead atoms. The number of sulfonamides is 1. The Morgan fingerprint density at radius 2 is 1.73 bits per heavy atom. The maximum absolute atomic E-state index is 13.6. The lowest BCUT2D eigenvalue weighted by Crippen LogP contribution is -2.32. The summed E-state index contributed by atoms with van der Waals surface area (Å²) in [6.07, 6.45) is 5.02. The molecule has 0 aliphatic carbocycles. The molecule has 9 heteroatoms. The summed E-state index contributed by atoms with van der Waals surface area (Å²) in [6.45, 7) is 4.02. The van der Waals surface area contributed by atoms with Crippen LogP contribution in [0.1, 0.15) is 50.6 Å². The molecule has 1 N–H and O–H groups in total. The number of nitrogens with one attached hydrogen (secondary N) is 1. The van der Waals surface area contributed by atoms with Crippen molar-refractivity contribution in [2.24, 2.45) is 0 Å². The Kier molecular flexibility index (Phi) is 8.29. The van der Waals surface area contributed by atoms with Gasteiger partial charge in [0.05, 0.1) is 18.0 Å². The summed E-state index contributed by atoms with van der Waals surface area (Å²) in [5, 5.41) is 2.93. The zero-order chi connectivity index (χ0) is 24.0. The molecule has 2 aromatic carbocycles. The number of piperidine rings is 1. The van der Waals surface area contributed by atoms with Crippen LogP contribution in [0.2, 0.25) is 0 Å². The second-order valence-corrected chi connectivity index (χ2v) is 10.4. The molecule has 1 heterocycles. The van der Waals surface area contributed by atoms with Gasteiger partial charge < -0.3 is 10.2 Å². The number of carbonyl (C=O) groups excluding carboxylic acids is 1. The van der Waals surface area contributed by atoms with E-state index in [0.717, 1.165) is 41.3 Å². The van der Waals surface area contributed by atoms with E-state index in [1.165, 1.54) is 31.0 Å². The highest BCUT2D eigenvalue weighted by Gasteiger charge is 2.20. The maximum atomic E-state index is 13.6. The summed E-state index contributed by atoms with van der Waals surface area (Å²) < 4.78 is 52.0. The Morgan fingerprint density at radius 3 is 2.33 bits per heavy atom. The van der Waals surface area contributed by atoms with Crippen molar-refractivity contribution in [1.29, 1.82) is 0 Å². The fourth-order valence-electron chi connectivity index (χ4n) is 4.03. The third-order valence-corrected chi connectivity index (χ3v) is 7.04. The van der Waals surface area contributed by atoms with Gasteiger partial charge in [0.1, 0.15) is 0 Å². The first-order valence-corrected chi connectivity index (χ1v) is 13.1. The monoisotopic (exact) mass is 479 g/mol. The number of hydrogen-bond acceptors (Lipinski definition) is 4. The molecule has 180 valence electrons. The molecule has 1 saturated heterocycles. The van der Waals surface area contributed by atoms with Crippen LogP contribution in [-0.4, -0.2) is 40.2 Å². The minimum atomic E-state index is -3.72. The second-order valence-electron chi connectivity index (χ2n) is 8.47. The highest BCUT2D eigenvalue weighted by Crippen LogP contribution is 2.23. The summed E-state index contributed by atoms with van der Waals surface area (Å²) in [7, 11) is -3.72. The maximum Gasteiger partial charge on any atom is 0.232 e. The largest absolute Gasteiger partial charge is 0.372 e. The lowest BCUT2D eigenvalue weighted by atomic mass is 10.1. The van der Waals surface area contributed by atoms with E-state index in [-0.39, 0.29) is 37.0 Å². The van der Waals surface area contributed by atoms with Gasteiger partial charge in [-0.1, -0.05) is 12.1 Å². The Morgan fingerprint density at radius 1 is 1.06 bits per heavy atom. The molecular weight excluding hydrogens is 448 g/mol. The first-order valence-electron chi connectivity index (χ1n) is 11.2. The molecule has 3 rings (SSSR count). The van der Waals surface area contributed by atoms with E-state index in [1.807, 2.05) is 19.1 Å². The van der Waals surface area contributed by atoms with Crippen LogP contribution in [0.4, 0.5) is 20.2 Å². The average molecular weight is 480 g/mol. The number of carbonyl (C=O) groups is 1. The van der Waals surface area contributed by atoms with Gasteiger partial charge in [-0.3, -0.25) is 9.10 Å². The SMILES string of the molecule is C[C@H](NC(=O)CCCN(c1ccc(F)c(F)c1)S(C)(=O)=O)c1ccc(N2CCCCC2)cc1. The Bertz CT molecular complexity index is 1060. The number of amides is 1. The van der Waals surface area contributed by atoms with Crippen molar-refractivity contribution >= 4 is 27.3 Å². The molecule has 6 nitrogen and oxygen atoms in total. The van der Waals surface area contributed by atoms with E-state index < -0.39 is 21.7 Å². The number of anilines is 2. The van der Waals surface area contributed by atoms with Crippen molar-refractivity contribution in [1.82, 2.24) is 5.32 Å². The standard InChI is InChI=1S/C24H31F2N3O3S/c1-18(19-8-10-20(11-9-19)28-14-4-3-5-15-28)27-24(30)7-6-16-29(33(2,31)32)21-12-13-22(25)23(26)17-21/h8-13,17-18H,3-7,14-16H2,1-2H3,(H,27,30)/t18-/m0/s1. The third kappa shape index (κ3) is 6.90. The average Bonchev–Trinajstić information content (AvgIpc) is 2.78. The quantitative estimate of drug-likeness (QED) is 0.580. The molecular formula is C24H31F2N3O3S. The third-order valence-electron chi connectivity index (χ3n) is 5.85. The first-order chi connectivity index (χ1) is 15.6. The van der Waals surface area contributed by atoms with Gasteiger partial charge in [-0.15, -0.1) is 0 Å². The van der Waals surface area contributed by atoms with Crippen molar-refractivity contribution in [3.63, 3.8) is 0 Å². The Labute approximate surface area is 194 Å². The number of nitrogens with zero attached hydrogens (tertiary/aromatic N) is 2. The van der Waals surface area contributed by atoms with E-state index >= 15 is 0 Å².